The Morgan fingerprint density at radius 2 is 1.82 bits per heavy atom. The van der Waals surface area contributed by atoms with E-state index in [0.717, 1.165) is 4.90 Å². The third-order valence-electron chi connectivity index (χ3n) is 1.87. The van der Waals surface area contributed by atoms with Gasteiger partial charge in [0.05, 0.1) is 0 Å². The summed E-state index contributed by atoms with van der Waals surface area (Å²) in [7, 11) is 0. The van der Waals surface area contributed by atoms with Gasteiger partial charge in [0.25, 0.3) is 0 Å². The first-order chi connectivity index (χ1) is 7.78. The molecule has 0 bridgehead atoms. The lowest BCUT2D eigenvalue weighted by atomic mass is 10.2. The van der Waals surface area contributed by atoms with Crippen LogP contribution in [-0.4, -0.2) is 16.8 Å². The van der Waals surface area contributed by atoms with E-state index >= 15 is 0 Å². The lowest BCUT2D eigenvalue weighted by Gasteiger charge is -2.22. The van der Waals surface area contributed by atoms with Crippen LogP contribution < -0.4 is 0 Å². The first-order valence-electron chi connectivity index (χ1n) is 5.43. The quantitative estimate of drug-likeness (QED) is 0.610. The zero-order valence-corrected chi connectivity index (χ0v) is 11.3. The Hall–Kier alpha value is -1.03. The fraction of sp³-hybridized carbons (Fsp3) is 0.462. The zero-order chi connectivity index (χ0) is 13.1. The molecule has 1 atom stereocenters. The molecule has 0 radical (unpaired) electrons. The van der Waals surface area contributed by atoms with E-state index in [9.17, 15) is 9.18 Å². The first kappa shape index (κ1) is 14.0. The van der Waals surface area contributed by atoms with Gasteiger partial charge in [0.15, 0.2) is 0 Å². The fourth-order valence-corrected chi connectivity index (χ4v) is 2.00. The van der Waals surface area contributed by atoms with Crippen LogP contribution in [0.5, 0.6) is 0 Å². The summed E-state index contributed by atoms with van der Waals surface area (Å²) in [6.45, 7) is 7.28. The van der Waals surface area contributed by atoms with Crippen LogP contribution >= 0.6 is 11.8 Å². The van der Waals surface area contributed by atoms with Crippen LogP contribution in [0.25, 0.3) is 0 Å². The molecule has 0 N–H and O–H groups in total. The number of hydrogen-bond donors (Lipinski definition) is 0. The number of rotatable bonds is 3. The van der Waals surface area contributed by atoms with E-state index in [-0.39, 0.29) is 17.0 Å². The van der Waals surface area contributed by atoms with Crippen LogP contribution in [0.15, 0.2) is 29.2 Å². The van der Waals surface area contributed by atoms with Crippen LogP contribution in [0, 0.1) is 5.82 Å². The lowest BCUT2D eigenvalue weighted by molar-refractivity contribution is -0.153. The van der Waals surface area contributed by atoms with Crippen LogP contribution in [0.3, 0.4) is 0 Å². The van der Waals surface area contributed by atoms with Crippen molar-refractivity contribution in [1.82, 2.24) is 0 Å². The van der Waals surface area contributed by atoms with Gasteiger partial charge >= 0.3 is 5.97 Å². The summed E-state index contributed by atoms with van der Waals surface area (Å²) in [5.74, 6) is -0.536. The maximum Gasteiger partial charge on any atom is 0.319 e. The summed E-state index contributed by atoms with van der Waals surface area (Å²) in [6.07, 6.45) is 0. The summed E-state index contributed by atoms with van der Waals surface area (Å²) in [5, 5.41) is -0.306. The van der Waals surface area contributed by atoms with Crippen LogP contribution in [0.2, 0.25) is 0 Å². The number of carbonyl (C=O) groups excluding carboxylic acids is 1. The number of benzene rings is 1. The molecular formula is C13H17FO2S. The van der Waals surface area contributed by atoms with Crippen molar-refractivity contribution in [2.24, 2.45) is 0 Å². The van der Waals surface area contributed by atoms with Gasteiger partial charge in [-0.1, -0.05) is 0 Å². The molecule has 1 unspecified atom stereocenters. The van der Waals surface area contributed by atoms with Crippen LogP contribution in [0.1, 0.15) is 27.7 Å². The molecule has 1 aromatic rings. The minimum Gasteiger partial charge on any atom is -0.459 e. The van der Waals surface area contributed by atoms with Gasteiger partial charge in [0, 0.05) is 4.90 Å². The van der Waals surface area contributed by atoms with Crippen molar-refractivity contribution in [1.29, 1.82) is 0 Å². The zero-order valence-electron chi connectivity index (χ0n) is 10.5. The van der Waals surface area contributed by atoms with E-state index in [2.05, 4.69) is 0 Å². The molecule has 0 aliphatic carbocycles. The molecule has 1 aromatic carbocycles. The van der Waals surface area contributed by atoms with E-state index in [1.807, 2.05) is 20.8 Å². The molecule has 0 saturated heterocycles. The molecule has 0 saturated carbocycles. The Morgan fingerprint density at radius 1 is 1.29 bits per heavy atom. The maximum absolute atomic E-state index is 12.7. The number of ether oxygens (including phenoxy) is 1. The molecule has 94 valence electrons. The maximum atomic E-state index is 12.7. The monoisotopic (exact) mass is 256 g/mol. The molecule has 0 aliphatic rings. The molecular weight excluding hydrogens is 239 g/mol. The summed E-state index contributed by atoms with van der Waals surface area (Å²) >= 11 is 1.36. The van der Waals surface area contributed by atoms with Gasteiger partial charge in [0.1, 0.15) is 16.7 Å². The van der Waals surface area contributed by atoms with Crippen LogP contribution in [0.4, 0.5) is 4.39 Å². The summed E-state index contributed by atoms with van der Waals surface area (Å²) < 4.78 is 18.0. The van der Waals surface area contributed by atoms with Crippen molar-refractivity contribution < 1.29 is 13.9 Å². The highest BCUT2D eigenvalue weighted by Gasteiger charge is 2.22. The standard InChI is InChI=1S/C13H17FO2S/c1-9(12(15)16-13(2,3)4)17-11-7-5-10(14)6-8-11/h5-9H,1-4H3. The van der Waals surface area contributed by atoms with E-state index in [1.54, 1.807) is 19.1 Å². The Morgan fingerprint density at radius 3 is 2.29 bits per heavy atom. The highest BCUT2D eigenvalue weighted by Crippen LogP contribution is 2.25. The van der Waals surface area contributed by atoms with Gasteiger partial charge in [-0.25, -0.2) is 4.39 Å². The minimum atomic E-state index is -0.477. The molecule has 1 rings (SSSR count). The number of thioether (sulfide) groups is 1. The molecule has 17 heavy (non-hydrogen) atoms. The van der Waals surface area contributed by atoms with E-state index in [0.29, 0.717) is 0 Å². The minimum absolute atomic E-state index is 0.258. The lowest BCUT2D eigenvalue weighted by Crippen LogP contribution is -2.28. The average molecular weight is 256 g/mol. The van der Waals surface area contributed by atoms with Gasteiger partial charge < -0.3 is 4.74 Å². The summed E-state index contributed by atoms with van der Waals surface area (Å²) in [6, 6.07) is 6.07. The van der Waals surface area contributed by atoms with Gasteiger partial charge in [-0.3, -0.25) is 4.79 Å². The van der Waals surface area contributed by atoms with E-state index in [1.165, 1.54) is 23.9 Å². The predicted molar refractivity (Wildman–Crippen MR) is 67.6 cm³/mol. The Kier molecular flexibility index (Phi) is 4.57. The number of carbonyl (C=O) groups is 1. The SMILES string of the molecule is CC(Sc1ccc(F)cc1)C(=O)OC(C)(C)C. The number of esters is 1. The second kappa shape index (κ2) is 5.54. The smallest absolute Gasteiger partial charge is 0.319 e. The number of hydrogen-bond acceptors (Lipinski definition) is 3. The third kappa shape index (κ3) is 5.22. The van der Waals surface area contributed by atoms with Gasteiger partial charge in [-0.15, -0.1) is 11.8 Å². The molecule has 0 aliphatic heterocycles. The van der Waals surface area contributed by atoms with Crippen molar-refractivity contribution >= 4 is 17.7 Å². The molecule has 0 heterocycles. The Labute approximate surface area is 106 Å². The molecule has 0 spiro atoms. The average Bonchev–Trinajstić information content (AvgIpc) is 2.19. The largest absolute Gasteiger partial charge is 0.459 e. The van der Waals surface area contributed by atoms with Crippen molar-refractivity contribution in [3.05, 3.63) is 30.1 Å². The number of halogens is 1. The Bertz CT molecular complexity index is 381. The van der Waals surface area contributed by atoms with Crippen molar-refractivity contribution in [3.8, 4) is 0 Å². The molecule has 0 amide bonds. The van der Waals surface area contributed by atoms with Crippen molar-refractivity contribution in [2.75, 3.05) is 0 Å². The topological polar surface area (TPSA) is 26.3 Å². The first-order valence-corrected chi connectivity index (χ1v) is 6.31. The fourth-order valence-electron chi connectivity index (χ4n) is 1.15. The summed E-state index contributed by atoms with van der Waals surface area (Å²) in [4.78, 5) is 12.6. The molecule has 0 fully saturated rings. The second-order valence-corrected chi connectivity index (χ2v) is 6.16. The van der Waals surface area contributed by atoms with Crippen LogP contribution in [-0.2, 0) is 9.53 Å². The van der Waals surface area contributed by atoms with E-state index in [4.69, 9.17) is 4.74 Å². The highest BCUT2D eigenvalue weighted by atomic mass is 32.2. The third-order valence-corrected chi connectivity index (χ3v) is 2.96. The van der Waals surface area contributed by atoms with Crippen molar-refractivity contribution in [2.45, 2.75) is 43.4 Å². The van der Waals surface area contributed by atoms with E-state index < -0.39 is 5.60 Å². The normalized spacial score (nSPS) is 13.2. The van der Waals surface area contributed by atoms with Gasteiger partial charge in [0.2, 0.25) is 0 Å². The predicted octanol–water partition coefficient (Wildman–Crippen LogP) is 3.65. The van der Waals surface area contributed by atoms with Gasteiger partial charge in [-0.05, 0) is 52.0 Å². The second-order valence-electron chi connectivity index (χ2n) is 4.75. The molecule has 0 aromatic heterocycles. The van der Waals surface area contributed by atoms with Gasteiger partial charge in [-0.2, -0.15) is 0 Å². The molecule has 2 nitrogen and oxygen atoms in total. The molecule has 4 heteroatoms. The Balaban J connectivity index is 2.57. The van der Waals surface area contributed by atoms with Crippen molar-refractivity contribution in [3.63, 3.8) is 0 Å². The summed E-state index contributed by atoms with van der Waals surface area (Å²) in [5.41, 5.74) is -0.477. The highest BCUT2D eigenvalue weighted by molar-refractivity contribution is 8.00.